The first-order valence-electron chi connectivity index (χ1n) is 7.38. The molecule has 112 valence electrons. The van der Waals surface area contributed by atoms with Gasteiger partial charge in [-0.3, -0.25) is 4.79 Å². The Balaban J connectivity index is 1.53. The van der Waals surface area contributed by atoms with Crippen LogP contribution in [0.3, 0.4) is 0 Å². The number of fused-ring (bicyclic) bond motifs is 1. The number of amides is 1. The fourth-order valence-corrected chi connectivity index (χ4v) is 2.63. The maximum Gasteiger partial charge on any atom is 0.224 e. The first-order valence-corrected chi connectivity index (χ1v) is 7.38. The van der Waals surface area contributed by atoms with Gasteiger partial charge < -0.3 is 16.0 Å². The van der Waals surface area contributed by atoms with Crippen molar-refractivity contribution in [1.82, 2.24) is 10.3 Å². The van der Waals surface area contributed by atoms with E-state index in [1.807, 2.05) is 42.6 Å². The Hall–Kier alpha value is -2.75. The van der Waals surface area contributed by atoms with Crippen LogP contribution in [0, 0.1) is 0 Å². The quantitative estimate of drug-likeness (QED) is 0.633. The second-order valence-electron chi connectivity index (χ2n) is 5.38. The van der Waals surface area contributed by atoms with Gasteiger partial charge in [0.2, 0.25) is 5.91 Å². The lowest BCUT2D eigenvalue weighted by molar-refractivity contribution is -0.120. The van der Waals surface area contributed by atoms with Crippen LogP contribution in [0.25, 0.3) is 10.9 Å². The summed E-state index contributed by atoms with van der Waals surface area (Å²) in [5.74, 6) is 0.0189. The van der Waals surface area contributed by atoms with Crippen molar-refractivity contribution in [2.75, 3.05) is 12.3 Å². The lowest BCUT2D eigenvalue weighted by Crippen LogP contribution is -2.27. The highest BCUT2D eigenvalue weighted by atomic mass is 16.1. The third-order valence-corrected chi connectivity index (χ3v) is 3.71. The molecule has 1 amide bonds. The molecule has 1 aromatic heterocycles. The van der Waals surface area contributed by atoms with Crippen molar-refractivity contribution in [2.45, 2.75) is 12.8 Å². The number of aromatic amines is 1. The number of anilines is 1. The van der Waals surface area contributed by atoms with Crippen molar-refractivity contribution in [1.29, 1.82) is 0 Å². The average molecular weight is 293 g/mol. The largest absolute Gasteiger partial charge is 0.399 e. The molecule has 0 aliphatic rings. The van der Waals surface area contributed by atoms with Crippen molar-refractivity contribution in [3.63, 3.8) is 0 Å². The monoisotopic (exact) mass is 293 g/mol. The maximum atomic E-state index is 12.0. The Morgan fingerprint density at radius 3 is 2.86 bits per heavy atom. The number of aromatic nitrogens is 1. The zero-order chi connectivity index (χ0) is 15.4. The van der Waals surface area contributed by atoms with Crippen molar-refractivity contribution in [3.05, 3.63) is 65.9 Å². The molecule has 4 nitrogen and oxygen atoms in total. The van der Waals surface area contributed by atoms with E-state index in [4.69, 9.17) is 5.73 Å². The average Bonchev–Trinajstić information content (AvgIpc) is 2.91. The van der Waals surface area contributed by atoms with Gasteiger partial charge in [-0.25, -0.2) is 0 Å². The second-order valence-corrected chi connectivity index (χ2v) is 5.38. The van der Waals surface area contributed by atoms with Gasteiger partial charge >= 0.3 is 0 Å². The van der Waals surface area contributed by atoms with Crippen LogP contribution in [0.1, 0.15) is 11.1 Å². The van der Waals surface area contributed by atoms with Crippen molar-refractivity contribution in [2.24, 2.45) is 0 Å². The zero-order valence-corrected chi connectivity index (χ0v) is 12.3. The first kappa shape index (κ1) is 14.2. The number of rotatable bonds is 5. The Morgan fingerprint density at radius 1 is 1.14 bits per heavy atom. The summed E-state index contributed by atoms with van der Waals surface area (Å²) in [6.07, 6.45) is 3.18. The fraction of sp³-hybridized carbons (Fsp3) is 0.167. The molecule has 3 rings (SSSR count). The smallest absolute Gasteiger partial charge is 0.224 e. The maximum absolute atomic E-state index is 12.0. The summed E-state index contributed by atoms with van der Waals surface area (Å²) in [6, 6.07) is 15.6. The van der Waals surface area contributed by atoms with Gasteiger partial charge in [0.1, 0.15) is 0 Å². The Bertz CT molecular complexity index is 792. The topological polar surface area (TPSA) is 70.9 Å². The highest BCUT2D eigenvalue weighted by Gasteiger charge is 2.05. The van der Waals surface area contributed by atoms with E-state index in [0.29, 0.717) is 18.7 Å². The van der Waals surface area contributed by atoms with E-state index in [0.717, 1.165) is 17.5 Å². The summed E-state index contributed by atoms with van der Waals surface area (Å²) >= 11 is 0. The molecule has 4 heteroatoms. The number of nitrogens with one attached hydrogen (secondary N) is 2. The molecular weight excluding hydrogens is 274 g/mol. The molecule has 0 radical (unpaired) electrons. The summed E-state index contributed by atoms with van der Waals surface area (Å²) in [5, 5.41) is 4.18. The molecule has 22 heavy (non-hydrogen) atoms. The molecule has 4 N–H and O–H groups in total. The van der Waals surface area contributed by atoms with E-state index >= 15 is 0 Å². The highest BCUT2D eigenvalue weighted by Crippen LogP contribution is 2.17. The Kier molecular flexibility index (Phi) is 4.10. The molecule has 0 saturated carbocycles. The third kappa shape index (κ3) is 3.28. The van der Waals surface area contributed by atoms with Gasteiger partial charge in [-0.05, 0) is 35.7 Å². The standard InChI is InChI=1S/C18H19N3O/c19-15-5-3-4-13(10-15)11-18(22)20-9-8-14-12-21-17-7-2-1-6-16(14)17/h1-7,10,12,21H,8-9,11,19H2,(H,20,22). The summed E-state index contributed by atoms with van der Waals surface area (Å²) < 4.78 is 0. The number of carbonyl (C=O) groups excluding carboxylic acids is 1. The van der Waals surface area contributed by atoms with Crippen molar-refractivity contribution in [3.8, 4) is 0 Å². The van der Waals surface area contributed by atoms with Crippen LogP contribution in [0.15, 0.2) is 54.7 Å². The molecule has 2 aromatic carbocycles. The highest BCUT2D eigenvalue weighted by molar-refractivity contribution is 5.83. The Labute approximate surface area is 129 Å². The van der Waals surface area contributed by atoms with Crippen LogP contribution < -0.4 is 11.1 Å². The second kappa shape index (κ2) is 6.35. The summed E-state index contributed by atoms with van der Waals surface area (Å²) in [7, 11) is 0. The predicted octanol–water partition coefficient (Wildman–Crippen LogP) is 2.65. The van der Waals surface area contributed by atoms with E-state index in [9.17, 15) is 4.79 Å². The molecule has 0 fully saturated rings. The van der Waals surface area contributed by atoms with Gasteiger partial charge in [-0.2, -0.15) is 0 Å². The van der Waals surface area contributed by atoms with Gasteiger partial charge in [0.25, 0.3) is 0 Å². The van der Waals surface area contributed by atoms with Gasteiger partial charge in [-0.15, -0.1) is 0 Å². The van der Waals surface area contributed by atoms with Gasteiger partial charge in [0.15, 0.2) is 0 Å². The van der Waals surface area contributed by atoms with E-state index in [1.165, 1.54) is 10.9 Å². The first-order chi connectivity index (χ1) is 10.7. The number of hydrogen-bond acceptors (Lipinski definition) is 2. The molecule has 1 heterocycles. The molecule has 0 saturated heterocycles. The van der Waals surface area contributed by atoms with Crippen LogP contribution in [0.2, 0.25) is 0 Å². The number of para-hydroxylation sites is 1. The van der Waals surface area contributed by atoms with E-state index in [-0.39, 0.29) is 5.91 Å². The van der Waals surface area contributed by atoms with Crippen LogP contribution in [-0.4, -0.2) is 17.4 Å². The van der Waals surface area contributed by atoms with Gasteiger partial charge in [-0.1, -0.05) is 30.3 Å². The summed E-state index contributed by atoms with van der Waals surface area (Å²) in [5.41, 5.74) is 9.69. The normalized spacial score (nSPS) is 10.7. The van der Waals surface area contributed by atoms with Crippen LogP contribution in [0.4, 0.5) is 5.69 Å². The Morgan fingerprint density at radius 2 is 2.00 bits per heavy atom. The lowest BCUT2D eigenvalue weighted by Gasteiger charge is -2.05. The molecule has 0 aliphatic carbocycles. The number of nitrogens with two attached hydrogens (primary N) is 1. The van der Waals surface area contributed by atoms with E-state index in [2.05, 4.69) is 22.4 Å². The molecular formula is C18H19N3O. The van der Waals surface area contributed by atoms with Gasteiger partial charge in [0.05, 0.1) is 6.42 Å². The minimum atomic E-state index is 0.0189. The molecule has 0 spiro atoms. The van der Waals surface area contributed by atoms with Crippen molar-refractivity contribution < 1.29 is 4.79 Å². The zero-order valence-electron chi connectivity index (χ0n) is 12.3. The SMILES string of the molecule is Nc1cccc(CC(=O)NCCc2c[nH]c3ccccc23)c1. The molecule has 0 aliphatic heterocycles. The van der Waals surface area contributed by atoms with E-state index in [1.54, 1.807) is 0 Å². The minimum absolute atomic E-state index is 0.0189. The van der Waals surface area contributed by atoms with Crippen LogP contribution in [0.5, 0.6) is 0 Å². The number of hydrogen-bond donors (Lipinski definition) is 3. The predicted molar refractivity (Wildman–Crippen MR) is 89.6 cm³/mol. The molecule has 0 bridgehead atoms. The molecule has 0 unspecified atom stereocenters. The lowest BCUT2D eigenvalue weighted by atomic mass is 10.1. The molecule has 0 atom stereocenters. The summed E-state index contributed by atoms with van der Waals surface area (Å²) in [6.45, 7) is 0.628. The minimum Gasteiger partial charge on any atom is -0.399 e. The number of carbonyl (C=O) groups is 1. The molecule has 3 aromatic rings. The fourth-order valence-electron chi connectivity index (χ4n) is 2.63. The number of H-pyrrole nitrogens is 1. The third-order valence-electron chi connectivity index (χ3n) is 3.71. The van der Waals surface area contributed by atoms with Crippen molar-refractivity contribution >= 4 is 22.5 Å². The van der Waals surface area contributed by atoms with Crippen LogP contribution in [-0.2, 0) is 17.6 Å². The van der Waals surface area contributed by atoms with Crippen LogP contribution >= 0.6 is 0 Å². The summed E-state index contributed by atoms with van der Waals surface area (Å²) in [4.78, 5) is 15.2. The number of nitrogen functional groups attached to an aromatic ring is 1. The van der Waals surface area contributed by atoms with E-state index < -0.39 is 0 Å². The number of benzene rings is 2. The van der Waals surface area contributed by atoms with Gasteiger partial charge in [0, 0.05) is 29.3 Å².